The maximum Gasteiger partial charge on any atom is 0.251 e. The Hall–Kier alpha value is -1.55. The molecule has 1 aromatic carbocycles. The number of nitrogens with one attached hydrogen (secondary N) is 1. The number of aromatic hydroxyl groups is 1. The van der Waals surface area contributed by atoms with Crippen LogP contribution in [0.3, 0.4) is 0 Å². The first-order chi connectivity index (χ1) is 7.04. The Morgan fingerprint density at radius 3 is 2.80 bits per heavy atom. The van der Waals surface area contributed by atoms with Gasteiger partial charge in [0.05, 0.1) is 0 Å². The second kappa shape index (κ2) is 4.79. The molecule has 0 bridgehead atoms. The van der Waals surface area contributed by atoms with Crippen LogP contribution in [-0.4, -0.2) is 23.6 Å². The van der Waals surface area contributed by atoms with Gasteiger partial charge in [0.25, 0.3) is 5.91 Å². The Balaban J connectivity index is 2.78. The molecule has 1 amide bonds. The highest BCUT2D eigenvalue weighted by atomic mass is 16.3. The molecule has 1 aromatic rings. The zero-order chi connectivity index (χ0) is 11.4. The molecule has 0 aliphatic carbocycles. The predicted octanol–water partition coefficient (Wildman–Crippen LogP) is 0.778. The molecule has 4 heteroatoms. The van der Waals surface area contributed by atoms with Crippen molar-refractivity contribution in [2.24, 2.45) is 5.73 Å². The quantitative estimate of drug-likeness (QED) is 0.687. The van der Waals surface area contributed by atoms with Gasteiger partial charge in [0.2, 0.25) is 0 Å². The van der Waals surface area contributed by atoms with Crippen LogP contribution in [0, 0.1) is 6.92 Å². The van der Waals surface area contributed by atoms with Crippen molar-refractivity contribution in [1.82, 2.24) is 5.32 Å². The number of carbonyl (C=O) groups is 1. The minimum Gasteiger partial charge on any atom is -0.508 e. The fourth-order valence-electron chi connectivity index (χ4n) is 1.16. The molecule has 1 rings (SSSR count). The summed E-state index contributed by atoms with van der Waals surface area (Å²) in [6.07, 6.45) is 0. The lowest BCUT2D eigenvalue weighted by Crippen LogP contribution is -2.37. The minimum atomic E-state index is -0.170. The lowest BCUT2D eigenvalue weighted by Gasteiger charge is -2.11. The zero-order valence-electron chi connectivity index (χ0n) is 8.95. The number of aryl methyl sites for hydroxylation is 1. The third kappa shape index (κ3) is 2.95. The number of rotatable bonds is 3. The largest absolute Gasteiger partial charge is 0.508 e. The van der Waals surface area contributed by atoms with Gasteiger partial charge in [0.15, 0.2) is 0 Å². The minimum absolute atomic E-state index is 0.0494. The fraction of sp³-hybridized carbons (Fsp3) is 0.364. The number of benzene rings is 1. The Kier molecular flexibility index (Phi) is 3.68. The summed E-state index contributed by atoms with van der Waals surface area (Å²) >= 11 is 0. The van der Waals surface area contributed by atoms with E-state index in [0.29, 0.717) is 17.7 Å². The monoisotopic (exact) mass is 208 g/mol. The second-order valence-electron chi connectivity index (χ2n) is 3.61. The number of hydrogen-bond donors (Lipinski definition) is 3. The van der Waals surface area contributed by atoms with Gasteiger partial charge in [-0.05, 0) is 37.6 Å². The number of hydrogen-bond acceptors (Lipinski definition) is 3. The van der Waals surface area contributed by atoms with E-state index in [1.165, 1.54) is 6.07 Å². The van der Waals surface area contributed by atoms with E-state index in [4.69, 9.17) is 5.73 Å². The van der Waals surface area contributed by atoms with Gasteiger partial charge in [0.1, 0.15) is 5.75 Å². The van der Waals surface area contributed by atoms with Crippen molar-refractivity contribution < 1.29 is 9.90 Å². The molecular weight excluding hydrogens is 192 g/mol. The van der Waals surface area contributed by atoms with E-state index in [1.54, 1.807) is 19.1 Å². The van der Waals surface area contributed by atoms with Crippen LogP contribution < -0.4 is 11.1 Å². The first-order valence-corrected chi connectivity index (χ1v) is 4.85. The lowest BCUT2D eigenvalue weighted by atomic mass is 10.1. The molecule has 0 saturated carbocycles. The fourth-order valence-corrected chi connectivity index (χ4v) is 1.16. The number of nitrogens with two attached hydrogens (primary N) is 1. The Labute approximate surface area is 89.1 Å². The molecule has 0 aliphatic rings. The molecule has 15 heavy (non-hydrogen) atoms. The van der Waals surface area contributed by atoms with E-state index < -0.39 is 0 Å². The van der Waals surface area contributed by atoms with E-state index in [1.807, 2.05) is 6.92 Å². The van der Waals surface area contributed by atoms with E-state index >= 15 is 0 Å². The molecule has 0 unspecified atom stereocenters. The van der Waals surface area contributed by atoms with E-state index in [-0.39, 0.29) is 17.7 Å². The molecule has 0 saturated heterocycles. The number of carbonyl (C=O) groups excluding carboxylic acids is 1. The third-order valence-corrected chi connectivity index (χ3v) is 2.19. The average molecular weight is 208 g/mol. The van der Waals surface area contributed by atoms with Crippen LogP contribution in [0.2, 0.25) is 0 Å². The second-order valence-corrected chi connectivity index (χ2v) is 3.61. The van der Waals surface area contributed by atoms with Crippen LogP contribution in [0.5, 0.6) is 5.75 Å². The van der Waals surface area contributed by atoms with Gasteiger partial charge in [-0.3, -0.25) is 4.79 Å². The zero-order valence-corrected chi connectivity index (χ0v) is 8.95. The van der Waals surface area contributed by atoms with Crippen LogP contribution in [0.15, 0.2) is 18.2 Å². The van der Waals surface area contributed by atoms with Gasteiger partial charge < -0.3 is 16.2 Å². The summed E-state index contributed by atoms with van der Waals surface area (Å²) in [6.45, 7) is 3.99. The SMILES string of the molecule is Cc1cc(C(=O)N[C@H](C)CN)ccc1O. The third-order valence-electron chi connectivity index (χ3n) is 2.19. The molecular formula is C11H16N2O2. The highest BCUT2D eigenvalue weighted by Crippen LogP contribution is 2.16. The van der Waals surface area contributed by atoms with Gasteiger partial charge in [-0.15, -0.1) is 0 Å². The molecule has 0 radical (unpaired) electrons. The Morgan fingerprint density at radius 2 is 2.27 bits per heavy atom. The van der Waals surface area contributed by atoms with Gasteiger partial charge in [-0.2, -0.15) is 0 Å². The van der Waals surface area contributed by atoms with E-state index in [2.05, 4.69) is 5.32 Å². The van der Waals surface area contributed by atoms with Gasteiger partial charge in [0, 0.05) is 18.2 Å². The van der Waals surface area contributed by atoms with Crippen LogP contribution in [-0.2, 0) is 0 Å². The molecule has 0 aromatic heterocycles. The molecule has 4 nitrogen and oxygen atoms in total. The average Bonchev–Trinajstić information content (AvgIpc) is 2.21. The van der Waals surface area contributed by atoms with Crippen molar-refractivity contribution in [2.45, 2.75) is 19.9 Å². The first kappa shape index (κ1) is 11.5. The predicted molar refractivity (Wildman–Crippen MR) is 58.8 cm³/mol. The van der Waals surface area contributed by atoms with Crippen molar-refractivity contribution in [3.63, 3.8) is 0 Å². The summed E-state index contributed by atoms with van der Waals surface area (Å²) < 4.78 is 0. The molecule has 0 fully saturated rings. The standard InChI is InChI=1S/C11H16N2O2/c1-7-5-9(3-4-10(7)14)11(15)13-8(2)6-12/h3-5,8,14H,6,12H2,1-2H3,(H,13,15)/t8-/m1/s1. The van der Waals surface area contributed by atoms with Crippen LogP contribution in [0.1, 0.15) is 22.8 Å². The normalized spacial score (nSPS) is 12.2. The molecule has 4 N–H and O–H groups in total. The first-order valence-electron chi connectivity index (χ1n) is 4.85. The van der Waals surface area contributed by atoms with Gasteiger partial charge in [-0.1, -0.05) is 0 Å². The Morgan fingerprint density at radius 1 is 1.60 bits per heavy atom. The summed E-state index contributed by atoms with van der Waals surface area (Å²) in [5.74, 6) is 0.0227. The molecule has 0 spiro atoms. The maximum absolute atomic E-state index is 11.6. The molecule has 0 heterocycles. The highest BCUT2D eigenvalue weighted by Gasteiger charge is 2.09. The topological polar surface area (TPSA) is 75.4 Å². The number of phenolic OH excluding ortho intramolecular Hbond substituents is 1. The Bertz CT molecular complexity index is 364. The van der Waals surface area contributed by atoms with Crippen molar-refractivity contribution in [2.75, 3.05) is 6.54 Å². The molecule has 82 valence electrons. The van der Waals surface area contributed by atoms with Gasteiger partial charge >= 0.3 is 0 Å². The lowest BCUT2D eigenvalue weighted by molar-refractivity contribution is 0.0941. The highest BCUT2D eigenvalue weighted by molar-refractivity contribution is 5.94. The van der Waals surface area contributed by atoms with E-state index in [0.717, 1.165) is 0 Å². The van der Waals surface area contributed by atoms with Crippen molar-refractivity contribution in [1.29, 1.82) is 0 Å². The van der Waals surface area contributed by atoms with Crippen LogP contribution >= 0.6 is 0 Å². The van der Waals surface area contributed by atoms with Crippen LogP contribution in [0.4, 0.5) is 0 Å². The number of amides is 1. The van der Waals surface area contributed by atoms with E-state index in [9.17, 15) is 9.90 Å². The summed E-state index contributed by atoms with van der Waals surface area (Å²) in [5, 5.41) is 12.0. The summed E-state index contributed by atoms with van der Waals surface area (Å²) in [6, 6.07) is 4.69. The summed E-state index contributed by atoms with van der Waals surface area (Å²) in [5.41, 5.74) is 6.61. The van der Waals surface area contributed by atoms with Gasteiger partial charge in [-0.25, -0.2) is 0 Å². The smallest absolute Gasteiger partial charge is 0.251 e. The molecule has 1 atom stereocenters. The van der Waals surface area contributed by atoms with Crippen molar-refractivity contribution in [3.05, 3.63) is 29.3 Å². The number of phenols is 1. The maximum atomic E-state index is 11.6. The summed E-state index contributed by atoms with van der Waals surface area (Å²) in [4.78, 5) is 11.6. The summed E-state index contributed by atoms with van der Waals surface area (Å²) in [7, 11) is 0. The van der Waals surface area contributed by atoms with Crippen molar-refractivity contribution >= 4 is 5.91 Å². The van der Waals surface area contributed by atoms with Crippen molar-refractivity contribution in [3.8, 4) is 5.75 Å². The molecule has 0 aliphatic heterocycles. The van der Waals surface area contributed by atoms with Crippen LogP contribution in [0.25, 0.3) is 0 Å².